The topological polar surface area (TPSA) is 51.2 Å². The van der Waals surface area contributed by atoms with Crippen molar-refractivity contribution in [3.05, 3.63) is 97.1 Å². The summed E-state index contributed by atoms with van der Waals surface area (Å²) in [5, 5.41) is 0. The van der Waals surface area contributed by atoms with Gasteiger partial charge in [0.2, 0.25) is 5.78 Å². The zero-order chi connectivity index (χ0) is 35.7. The van der Waals surface area contributed by atoms with E-state index in [1.807, 2.05) is 0 Å². The number of ketones is 2. The fourth-order valence-corrected chi connectivity index (χ4v) is 6.44. The molecular formula is C43H60O3. The predicted octanol–water partition coefficient (Wildman–Crippen LogP) is 10.7. The first-order valence-electron chi connectivity index (χ1n) is 16.8. The molecule has 0 amide bonds. The largest absolute Gasteiger partial charge is 0.319 e. The van der Waals surface area contributed by atoms with Gasteiger partial charge in [0, 0.05) is 51.2 Å². The number of Topliss-reactive ketones (excluding diaryl/α,β-unsaturated/α-hetero) is 1. The highest BCUT2D eigenvalue weighted by atomic mass is 16.1. The standard InChI is InChI=1S/C43H60O3/c1-38(2,3)28-21-26(44)22-29(39(4,5)6)35(28)34(25-19-32(42(13,14)15)37(46)33(20-25)43(16,17)18)36-30(40(7,8)9)23-27(45)24-31(36)41(10,11)12/h19-24H,1-18H3. The van der Waals surface area contributed by atoms with Crippen LogP contribution in [-0.2, 0) is 20.4 Å². The lowest BCUT2D eigenvalue weighted by Crippen LogP contribution is -2.32. The Labute approximate surface area is 280 Å². The van der Waals surface area contributed by atoms with E-state index in [1.165, 1.54) is 0 Å². The van der Waals surface area contributed by atoms with E-state index < -0.39 is 10.8 Å². The molecule has 250 valence electrons. The van der Waals surface area contributed by atoms with Crippen molar-refractivity contribution < 1.29 is 9.59 Å². The lowest BCUT2D eigenvalue weighted by molar-refractivity contribution is -0.114. The van der Waals surface area contributed by atoms with Crippen LogP contribution in [0.3, 0.4) is 0 Å². The number of carbonyl (C=O) groups excluding carboxylic acids is 2. The van der Waals surface area contributed by atoms with Crippen molar-refractivity contribution in [3.8, 4) is 0 Å². The lowest BCUT2D eigenvalue weighted by atomic mass is 9.62. The Morgan fingerprint density at radius 1 is 0.543 bits per heavy atom. The second kappa shape index (κ2) is 11.6. The van der Waals surface area contributed by atoms with Gasteiger partial charge in [-0.1, -0.05) is 83.1 Å². The quantitative estimate of drug-likeness (QED) is 0.308. The van der Waals surface area contributed by atoms with Crippen molar-refractivity contribution in [2.75, 3.05) is 0 Å². The van der Waals surface area contributed by atoms with Crippen LogP contribution in [0, 0.1) is 27.6 Å². The zero-order valence-corrected chi connectivity index (χ0v) is 32.2. The Kier molecular flexibility index (Phi) is 9.40. The molecule has 3 heteroatoms. The molecule has 46 heavy (non-hydrogen) atoms. The van der Waals surface area contributed by atoms with E-state index in [-0.39, 0.29) is 38.7 Å². The molecule has 2 aliphatic carbocycles. The van der Waals surface area contributed by atoms with Gasteiger partial charge in [-0.3, -0.25) is 9.59 Å². The minimum atomic E-state index is -0.407. The molecule has 1 aromatic rings. The smallest absolute Gasteiger partial charge is 0.249 e. The molecule has 0 atom stereocenters. The van der Waals surface area contributed by atoms with Crippen LogP contribution >= 0.6 is 0 Å². The second-order valence-corrected chi connectivity index (χ2v) is 19.6. The van der Waals surface area contributed by atoms with Crippen molar-refractivity contribution in [1.82, 2.24) is 0 Å². The summed E-state index contributed by atoms with van der Waals surface area (Å²) in [6.07, 6.45) is 7.80. The van der Waals surface area contributed by atoms with Gasteiger partial charge in [0.25, 0.3) is 0 Å². The molecule has 0 spiro atoms. The van der Waals surface area contributed by atoms with Gasteiger partial charge in [-0.15, -0.1) is 28.8 Å². The maximum atomic E-state index is 14.2. The van der Waals surface area contributed by atoms with Gasteiger partial charge in [-0.2, -0.15) is 0 Å². The fraction of sp³-hybridized carbons (Fsp3) is 0.558. The molecular weight excluding hydrogens is 564 g/mol. The van der Waals surface area contributed by atoms with Crippen LogP contribution in [0.2, 0.25) is 0 Å². The van der Waals surface area contributed by atoms with Crippen molar-refractivity contribution in [3.63, 3.8) is 0 Å². The van der Waals surface area contributed by atoms with Crippen LogP contribution in [0.4, 0.5) is 0 Å². The monoisotopic (exact) mass is 624 g/mol. The van der Waals surface area contributed by atoms with Gasteiger partial charge in [-0.05, 0) is 75.4 Å². The number of hydrogen-bond donors (Lipinski definition) is 0. The number of benzene rings is 1. The minimum Gasteiger partial charge on any atom is -0.319 e. The minimum absolute atomic E-state index is 0.0133. The Hall–Kier alpha value is -3.07. The highest BCUT2D eigenvalue weighted by Crippen LogP contribution is 2.54. The maximum absolute atomic E-state index is 14.2. The van der Waals surface area contributed by atoms with Crippen LogP contribution in [0.15, 0.2) is 69.1 Å². The van der Waals surface area contributed by atoms with Gasteiger partial charge >= 0.3 is 0 Å². The third-order valence-corrected chi connectivity index (χ3v) is 8.95. The summed E-state index contributed by atoms with van der Waals surface area (Å²) in [7, 11) is 0. The fourth-order valence-electron chi connectivity index (χ4n) is 6.44. The Bertz CT molecular complexity index is 1540. The summed E-state index contributed by atoms with van der Waals surface area (Å²) in [4.78, 5) is 41.2. The van der Waals surface area contributed by atoms with E-state index in [2.05, 4.69) is 137 Å². The van der Waals surface area contributed by atoms with Crippen LogP contribution in [0.25, 0.3) is 5.57 Å². The predicted molar refractivity (Wildman–Crippen MR) is 196 cm³/mol. The van der Waals surface area contributed by atoms with E-state index in [9.17, 15) is 14.4 Å². The summed E-state index contributed by atoms with van der Waals surface area (Å²) < 4.78 is 0. The van der Waals surface area contributed by atoms with Crippen LogP contribution < -0.4 is 5.43 Å². The zero-order valence-electron chi connectivity index (χ0n) is 32.2. The summed E-state index contributed by atoms with van der Waals surface area (Å²) in [5.74, 6) is 1.01. The highest BCUT2D eigenvalue weighted by Gasteiger charge is 2.44. The van der Waals surface area contributed by atoms with Gasteiger partial charge in [0.05, 0.1) is 16.6 Å². The van der Waals surface area contributed by atoms with Crippen LogP contribution in [0.5, 0.6) is 0 Å². The van der Waals surface area contributed by atoms with E-state index in [4.69, 9.17) is 0 Å². The molecule has 2 aliphatic rings. The van der Waals surface area contributed by atoms with E-state index in [0.717, 1.165) is 56.0 Å². The first kappa shape index (κ1) is 37.4. The number of hydrogen-bond acceptors (Lipinski definition) is 3. The molecule has 1 aromatic carbocycles. The van der Waals surface area contributed by atoms with Gasteiger partial charge in [-0.25, -0.2) is 0 Å². The molecule has 0 radical (unpaired) electrons. The third-order valence-electron chi connectivity index (χ3n) is 8.95. The second-order valence-electron chi connectivity index (χ2n) is 19.6. The van der Waals surface area contributed by atoms with E-state index >= 15 is 0 Å². The normalized spacial score (nSPS) is 17.5. The molecule has 3 nitrogen and oxygen atoms in total. The van der Waals surface area contributed by atoms with E-state index in [0.29, 0.717) is 0 Å². The maximum Gasteiger partial charge on any atom is 0.249 e. The molecule has 0 aliphatic heterocycles. The summed E-state index contributed by atoms with van der Waals surface area (Å²) in [5.41, 5.74) is 6.09. The molecule has 3 rings (SSSR count). The molecule has 0 aromatic heterocycles. The number of carbonyl (C=O) groups is 2. The van der Waals surface area contributed by atoms with Gasteiger partial charge in [0.15, 0.2) is 5.78 Å². The molecule has 0 saturated heterocycles. The van der Waals surface area contributed by atoms with Crippen molar-refractivity contribution in [2.45, 2.75) is 135 Å². The Balaban J connectivity index is 2.88. The average Bonchev–Trinajstić information content (AvgIpc) is 2.81. The first-order chi connectivity index (χ1) is 20.4. The highest BCUT2D eigenvalue weighted by molar-refractivity contribution is 6.14. The van der Waals surface area contributed by atoms with Crippen molar-refractivity contribution in [2.24, 2.45) is 21.7 Å². The van der Waals surface area contributed by atoms with Crippen molar-refractivity contribution in [1.29, 1.82) is 0 Å². The summed E-state index contributed by atoms with van der Waals surface area (Å²) >= 11 is 0. The molecule has 0 fully saturated rings. The molecule has 0 heterocycles. The first-order valence-corrected chi connectivity index (χ1v) is 16.8. The van der Waals surface area contributed by atoms with Crippen LogP contribution in [-0.4, -0.2) is 11.6 Å². The molecule has 0 unspecified atom stereocenters. The van der Waals surface area contributed by atoms with Gasteiger partial charge < -0.3 is 4.79 Å². The molecule has 0 N–H and O–H groups in total. The summed E-state index contributed by atoms with van der Waals surface area (Å²) in [6.45, 7) is 38.5. The lowest BCUT2D eigenvalue weighted by Gasteiger charge is -2.41. The van der Waals surface area contributed by atoms with Crippen LogP contribution in [0.1, 0.15) is 141 Å². The molecule has 0 saturated carbocycles. The summed E-state index contributed by atoms with van der Waals surface area (Å²) in [6, 6.07) is 3.61. The number of allylic oxidation sites excluding steroid dienone is 10. The number of rotatable bonds is 2. The average molecular weight is 625 g/mol. The van der Waals surface area contributed by atoms with Crippen molar-refractivity contribution >= 4 is 17.1 Å². The van der Waals surface area contributed by atoms with Gasteiger partial charge in [0.1, 0.15) is 0 Å². The Morgan fingerprint density at radius 3 is 1.26 bits per heavy atom. The SMILES string of the molecule is CC(C)(C)C1=C[C+](C(=C2C(C(C)(C)C)=CC(=O)C=C2C(C)(C)C)c2c(C(C)(C)C)cc(=O)[cH-]c2C(C)(C)C)C=C(C(C)(C)C)C1=O. The Morgan fingerprint density at radius 2 is 0.935 bits per heavy atom. The third kappa shape index (κ3) is 7.56. The molecule has 0 bridgehead atoms. The van der Waals surface area contributed by atoms with E-state index in [1.54, 1.807) is 24.3 Å².